The number of methoxy groups -OCH3 is 3. The Bertz CT molecular complexity index is 1300. The molecule has 1 N–H and O–H groups in total. The number of rotatable bonds is 8. The Balaban J connectivity index is 2.11. The minimum Gasteiger partial charge on any atom is -0.481 e. The van der Waals surface area contributed by atoms with Crippen molar-refractivity contribution in [3.63, 3.8) is 0 Å². The first kappa shape index (κ1) is 23.1. The normalized spacial score (nSPS) is 11.1. The summed E-state index contributed by atoms with van der Waals surface area (Å²) in [7, 11) is -0.530. The molecule has 0 aliphatic carbocycles. The van der Waals surface area contributed by atoms with Gasteiger partial charge < -0.3 is 14.2 Å². The molecule has 0 aliphatic rings. The first-order valence-corrected chi connectivity index (χ1v) is 11.4. The highest BCUT2D eigenvalue weighted by atomic mass is 32.2. The molecule has 0 spiro atoms. The van der Waals surface area contributed by atoms with E-state index in [9.17, 15) is 18.0 Å². The maximum atomic E-state index is 13.0. The van der Waals surface area contributed by atoms with Crippen LogP contribution in [0.15, 0.2) is 45.2 Å². The fourth-order valence-electron chi connectivity index (χ4n) is 2.54. The molecule has 15 heteroatoms. The van der Waals surface area contributed by atoms with Gasteiger partial charge in [0.15, 0.2) is 0 Å². The molecular formula is C17H18N6O7S2. The molecule has 2 heterocycles. The average Bonchev–Trinajstić information content (AvgIpc) is 3.12. The Morgan fingerprint density at radius 2 is 1.72 bits per heavy atom. The van der Waals surface area contributed by atoms with Gasteiger partial charge in [0.2, 0.25) is 16.9 Å². The number of carbonyl (C=O) groups is 1. The standard InChI is InChI=1S/C17H18N6O7S2/c1-28-12-9-13(29-2)19-15(18-12)22-17(25)23(16(20-22)31-4)21-32(26,27)11-8-6-5-7-10(11)14(24)30-3/h5-9,21H,1-4H3. The third-order valence-corrected chi connectivity index (χ3v) is 5.99. The molecule has 1 aromatic carbocycles. The monoisotopic (exact) mass is 482 g/mol. The van der Waals surface area contributed by atoms with Crippen LogP contribution in [0.2, 0.25) is 0 Å². The van der Waals surface area contributed by atoms with Gasteiger partial charge in [0.1, 0.15) is 4.90 Å². The van der Waals surface area contributed by atoms with Gasteiger partial charge in [0.05, 0.1) is 33.0 Å². The quantitative estimate of drug-likeness (QED) is 0.347. The summed E-state index contributed by atoms with van der Waals surface area (Å²) in [5.41, 5.74) is -1.11. The lowest BCUT2D eigenvalue weighted by Gasteiger charge is -2.11. The zero-order valence-corrected chi connectivity index (χ0v) is 18.9. The maximum absolute atomic E-state index is 13.0. The minimum atomic E-state index is -4.39. The average molecular weight is 483 g/mol. The van der Waals surface area contributed by atoms with Crippen LogP contribution in [0.25, 0.3) is 5.95 Å². The highest BCUT2D eigenvalue weighted by Crippen LogP contribution is 2.19. The van der Waals surface area contributed by atoms with Crippen molar-refractivity contribution in [2.75, 3.05) is 32.4 Å². The fraction of sp³-hybridized carbons (Fsp3) is 0.235. The number of carbonyl (C=O) groups excluding carboxylic acids is 1. The summed E-state index contributed by atoms with van der Waals surface area (Å²) >= 11 is 0.990. The number of sulfonamides is 1. The van der Waals surface area contributed by atoms with Crippen molar-refractivity contribution in [3.05, 3.63) is 46.4 Å². The van der Waals surface area contributed by atoms with Crippen molar-refractivity contribution in [2.45, 2.75) is 10.1 Å². The predicted molar refractivity (Wildman–Crippen MR) is 113 cm³/mol. The van der Waals surface area contributed by atoms with Crippen molar-refractivity contribution in [1.82, 2.24) is 24.4 Å². The van der Waals surface area contributed by atoms with Crippen LogP contribution in [0.1, 0.15) is 10.4 Å². The lowest BCUT2D eigenvalue weighted by Crippen LogP contribution is -2.35. The number of benzene rings is 1. The fourth-order valence-corrected chi connectivity index (χ4v) is 4.26. The minimum absolute atomic E-state index is 0.0143. The second-order valence-electron chi connectivity index (χ2n) is 5.85. The summed E-state index contributed by atoms with van der Waals surface area (Å²) < 4.78 is 42.3. The SMILES string of the molecule is COC(=O)c1ccccc1S(=O)(=O)Nn1c(SC)nn(-c2nc(OC)cc(OC)n2)c1=O. The van der Waals surface area contributed by atoms with E-state index in [0.717, 1.165) is 23.6 Å². The second kappa shape index (κ2) is 9.27. The number of esters is 1. The summed E-state index contributed by atoms with van der Waals surface area (Å²) in [6, 6.07) is 6.81. The van der Waals surface area contributed by atoms with Crippen LogP contribution in [-0.4, -0.2) is 66.4 Å². The van der Waals surface area contributed by atoms with Crippen LogP contribution in [0.3, 0.4) is 0 Å². The van der Waals surface area contributed by atoms with Gasteiger partial charge in [-0.2, -0.15) is 23.1 Å². The predicted octanol–water partition coefficient (Wildman–Crippen LogP) is 0.282. The summed E-state index contributed by atoms with van der Waals surface area (Å²) in [6.07, 6.45) is 1.59. The van der Waals surface area contributed by atoms with Crippen molar-refractivity contribution in [2.24, 2.45) is 0 Å². The van der Waals surface area contributed by atoms with Crippen LogP contribution in [-0.2, 0) is 14.8 Å². The van der Waals surface area contributed by atoms with E-state index in [1.165, 1.54) is 44.6 Å². The third-order valence-electron chi connectivity index (χ3n) is 4.00. The summed E-state index contributed by atoms with van der Waals surface area (Å²) in [5.74, 6) is -0.844. The van der Waals surface area contributed by atoms with Crippen molar-refractivity contribution in [1.29, 1.82) is 0 Å². The largest absolute Gasteiger partial charge is 0.481 e. The van der Waals surface area contributed by atoms with Gasteiger partial charge >= 0.3 is 11.7 Å². The second-order valence-corrected chi connectivity index (χ2v) is 8.25. The number of nitrogens with one attached hydrogen (secondary N) is 1. The maximum Gasteiger partial charge on any atom is 0.373 e. The molecule has 0 saturated heterocycles. The molecule has 0 unspecified atom stereocenters. The molecular weight excluding hydrogens is 464 g/mol. The highest BCUT2D eigenvalue weighted by molar-refractivity contribution is 7.98. The van der Waals surface area contributed by atoms with E-state index in [2.05, 4.69) is 24.6 Å². The summed E-state index contributed by atoms with van der Waals surface area (Å²) in [4.78, 5) is 34.8. The van der Waals surface area contributed by atoms with E-state index < -0.39 is 21.7 Å². The summed E-state index contributed by atoms with van der Waals surface area (Å²) in [6.45, 7) is 0. The van der Waals surface area contributed by atoms with E-state index in [4.69, 9.17) is 9.47 Å². The van der Waals surface area contributed by atoms with Gasteiger partial charge in [0, 0.05) is 0 Å². The Morgan fingerprint density at radius 3 is 2.28 bits per heavy atom. The van der Waals surface area contributed by atoms with Crippen LogP contribution in [0, 0.1) is 0 Å². The molecule has 0 saturated carbocycles. The topological polar surface area (TPSA) is 157 Å². The van der Waals surface area contributed by atoms with E-state index in [0.29, 0.717) is 4.68 Å². The van der Waals surface area contributed by atoms with Gasteiger partial charge in [-0.25, -0.2) is 14.4 Å². The molecule has 3 rings (SSSR count). The molecule has 3 aromatic rings. The highest BCUT2D eigenvalue weighted by Gasteiger charge is 2.26. The van der Waals surface area contributed by atoms with E-state index in [1.54, 1.807) is 6.26 Å². The van der Waals surface area contributed by atoms with E-state index in [1.807, 2.05) is 0 Å². The van der Waals surface area contributed by atoms with Crippen molar-refractivity contribution in [3.8, 4) is 17.7 Å². The molecule has 170 valence electrons. The first-order chi connectivity index (χ1) is 15.2. The van der Waals surface area contributed by atoms with Crippen LogP contribution in [0.4, 0.5) is 0 Å². The Kier molecular flexibility index (Phi) is 6.69. The van der Waals surface area contributed by atoms with Crippen molar-refractivity contribution >= 4 is 27.8 Å². The number of nitrogens with zero attached hydrogens (tertiary/aromatic N) is 5. The van der Waals surface area contributed by atoms with Gasteiger partial charge in [-0.15, -0.1) is 9.78 Å². The van der Waals surface area contributed by atoms with Crippen LogP contribution < -0.4 is 20.0 Å². The van der Waals surface area contributed by atoms with E-state index in [-0.39, 0.29) is 33.3 Å². The van der Waals surface area contributed by atoms with Crippen LogP contribution in [0.5, 0.6) is 11.8 Å². The molecule has 2 aromatic heterocycles. The Labute approximate surface area is 186 Å². The number of thioether (sulfide) groups is 1. The Morgan fingerprint density at radius 1 is 1.09 bits per heavy atom. The van der Waals surface area contributed by atoms with Gasteiger partial charge in [-0.05, 0) is 18.4 Å². The zero-order valence-electron chi connectivity index (χ0n) is 17.3. The lowest BCUT2D eigenvalue weighted by atomic mass is 10.2. The number of hydrogen-bond acceptors (Lipinski definition) is 11. The molecule has 0 bridgehead atoms. The van der Waals surface area contributed by atoms with Gasteiger partial charge in [0.25, 0.3) is 16.0 Å². The molecule has 0 atom stereocenters. The van der Waals surface area contributed by atoms with Gasteiger partial charge in [-0.1, -0.05) is 23.9 Å². The van der Waals surface area contributed by atoms with Crippen LogP contribution >= 0.6 is 11.8 Å². The molecule has 13 nitrogen and oxygen atoms in total. The molecule has 0 fully saturated rings. The zero-order chi connectivity index (χ0) is 23.5. The lowest BCUT2D eigenvalue weighted by molar-refractivity contribution is 0.0596. The number of aromatic nitrogens is 5. The first-order valence-electron chi connectivity index (χ1n) is 8.69. The summed E-state index contributed by atoms with van der Waals surface area (Å²) in [5, 5.41) is 4.06. The molecule has 32 heavy (non-hydrogen) atoms. The van der Waals surface area contributed by atoms with Crippen molar-refractivity contribution < 1.29 is 27.4 Å². The Hall–Kier alpha value is -3.59. The van der Waals surface area contributed by atoms with Gasteiger partial charge in [-0.3, -0.25) is 0 Å². The molecule has 0 amide bonds. The number of ether oxygens (including phenoxy) is 3. The van der Waals surface area contributed by atoms with E-state index >= 15 is 0 Å². The smallest absolute Gasteiger partial charge is 0.373 e. The molecule has 0 radical (unpaired) electrons. The number of hydrogen-bond donors (Lipinski definition) is 1. The third kappa shape index (κ3) is 4.38. The molecule has 0 aliphatic heterocycles.